The van der Waals surface area contributed by atoms with Crippen molar-refractivity contribution >= 4 is 17.8 Å². The Morgan fingerprint density at radius 2 is 1.07 bits per heavy atom. The SMILES string of the molecule is CCCCCCCCCCCCCC(=O)O[C@H](CCCCCCCCCCC)CC(=O)N[C@H]1[C@@H](OCc2ccccc2)O[C@@H]2COC(c3ccc(OC)cc3)O[C@@H]2[C@@H]1OC(=O)CCCCCCCCCCCCC. The van der Waals surface area contributed by atoms with Crippen LogP contribution in [0.2, 0.25) is 0 Å². The zero-order chi connectivity index (χ0) is 52.7. The van der Waals surface area contributed by atoms with E-state index in [1.165, 1.54) is 135 Å². The number of esters is 2. The van der Waals surface area contributed by atoms with Crippen molar-refractivity contribution in [3.63, 3.8) is 0 Å². The van der Waals surface area contributed by atoms with E-state index in [-0.39, 0.29) is 43.9 Å². The molecule has 420 valence electrons. The minimum atomic E-state index is -1.01. The van der Waals surface area contributed by atoms with Gasteiger partial charge in [0, 0.05) is 18.4 Å². The third-order valence-electron chi connectivity index (χ3n) is 14.9. The first-order chi connectivity index (χ1) is 36.3. The smallest absolute Gasteiger partial charge is 0.306 e. The summed E-state index contributed by atoms with van der Waals surface area (Å²) in [7, 11) is 1.62. The predicted octanol–water partition coefficient (Wildman–Crippen LogP) is 16.1. The van der Waals surface area contributed by atoms with Crippen LogP contribution in [0.5, 0.6) is 5.75 Å². The largest absolute Gasteiger partial charge is 0.497 e. The van der Waals surface area contributed by atoms with Crippen molar-refractivity contribution in [2.24, 2.45) is 0 Å². The maximum absolute atomic E-state index is 14.5. The van der Waals surface area contributed by atoms with Crippen LogP contribution >= 0.6 is 0 Å². The standard InChI is InChI=1S/C63H103NO10/c1-5-8-11-14-17-20-22-25-28-31-37-42-57(66)71-54(41-36-30-27-24-19-16-13-10-7-3)48-56(65)64-59-61(73-58(67)43-38-32-29-26-23-21-18-15-12-9-6-2)60-55(72-63(59)69-49-51-39-34-33-35-40-51)50-70-62(74-60)52-44-46-53(68-4)47-45-52/h33-35,39-40,44-47,54-55,59-63H,5-32,36-38,41-43,48-50H2,1-4H3,(H,64,65)/t54-,55-,59-,60+,61-,62?,63+/m1/s1. The first-order valence-corrected chi connectivity index (χ1v) is 30.2. The molecule has 2 saturated heterocycles. The molecule has 0 saturated carbocycles. The van der Waals surface area contributed by atoms with Crippen molar-refractivity contribution in [3.8, 4) is 5.75 Å². The van der Waals surface area contributed by atoms with Gasteiger partial charge >= 0.3 is 11.9 Å². The monoisotopic (exact) mass is 1030 g/mol. The molecule has 0 aromatic heterocycles. The van der Waals surface area contributed by atoms with Crippen LogP contribution in [0.1, 0.15) is 263 Å². The molecule has 1 N–H and O–H groups in total. The highest BCUT2D eigenvalue weighted by molar-refractivity contribution is 5.78. The molecule has 2 aliphatic heterocycles. The highest BCUT2D eigenvalue weighted by atomic mass is 16.8. The van der Waals surface area contributed by atoms with E-state index in [1.807, 2.05) is 54.6 Å². The van der Waals surface area contributed by atoms with Crippen LogP contribution in [0.3, 0.4) is 0 Å². The molecule has 0 aliphatic carbocycles. The quantitative estimate of drug-likeness (QED) is 0.0506. The number of carbonyl (C=O) groups is 3. The lowest BCUT2D eigenvalue weighted by Gasteiger charge is -2.49. The molecule has 11 heteroatoms. The Balaban J connectivity index is 1.46. The molecule has 1 amide bonds. The van der Waals surface area contributed by atoms with Gasteiger partial charge < -0.3 is 38.5 Å². The van der Waals surface area contributed by atoms with Crippen molar-refractivity contribution in [1.29, 1.82) is 0 Å². The number of hydrogen-bond donors (Lipinski definition) is 1. The number of fused-ring (bicyclic) bond motifs is 1. The van der Waals surface area contributed by atoms with Gasteiger partial charge in [0.15, 0.2) is 18.7 Å². The summed E-state index contributed by atoms with van der Waals surface area (Å²) < 4.78 is 44.2. The van der Waals surface area contributed by atoms with Crippen LogP contribution in [0.4, 0.5) is 0 Å². The third-order valence-corrected chi connectivity index (χ3v) is 14.9. The molecule has 11 nitrogen and oxygen atoms in total. The normalized spacial score (nSPS) is 19.9. The Labute approximate surface area is 449 Å². The van der Waals surface area contributed by atoms with Crippen molar-refractivity contribution in [1.82, 2.24) is 5.32 Å². The molecule has 2 fully saturated rings. The molecule has 0 radical (unpaired) electrons. The lowest BCUT2D eigenvalue weighted by Crippen LogP contribution is -2.67. The number of unbranched alkanes of at least 4 members (excludes halogenated alkanes) is 28. The van der Waals surface area contributed by atoms with Crippen LogP contribution in [-0.2, 0) is 49.4 Å². The predicted molar refractivity (Wildman–Crippen MR) is 297 cm³/mol. The highest BCUT2D eigenvalue weighted by Gasteiger charge is 2.53. The van der Waals surface area contributed by atoms with Crippen LogP contribution in [0.15, 0.2) is 54.6 Å². The Bertz CT molecular complexity index is 1710. The van der Waals surface area contributed by atoms with E-state index in [0.717, 1.165) is 68.9 Å². The summed E-state index contributed by atoms with van der Waals surface area (Å²) in [6.07, 6.45) is 33.0. The third kappa shape index (κ3) is 27.0. The fourth-order valence-corrected chi connectivity index (χ4v) is 10.4. The summed E-state index contributed by atoms with van der Waals surface area (Å²) in [4.78, 5) is 42.0. The molecular weight excluding hydrogens is 931 g/mol. The first-order valence-electron chi connectivity index (χ1n) is 30.2. The van der Waals surface area contributed by atoms with Gasteiger partial charge in [-0.25, -0.2) is 0 Å². The Morgan fingerprint density at radius 3 is 1.58 bits per heavy atom. The zero-order valence-electron chi connectivity index (χ0n) is 47.0. The molecule has 2 aliphatic rings. The van der Waals surface area contributed by atoms with Crippen LogP contribution < -0.4 is 10.1 Å². The highest BCUT2D eigenvalue weighted by Crippen LogP contribution is 2.37. The molecule has 2 heterocycles. The minimum absolute atomic E-state index is 0.0329. The van der Waals surface area contributed by atoms with Crippen molar-refractivity contribution < 1.29 is 47.5 Å². The number of ether oxygens (including phenoxy) is 7. The Kier molecular flexibility index (Phi) is 34.7. The molecule has 7 atom stereocenters. The summed E-state index contributed by atoms with van der Waals surface area (Å²) >= 11 is 0. The molecule has 74 heavy (non-hydrogen) atoms. The van der Waals surface area contributed by atoms with Gasteiger partial charge in [-0.2, -0.15) is 0 Å². The molecule has 1 unspecified atom stereocenters. The van der Waals surface area contributed by atoms with Crippen molar-refractivity contribution in [2.45, 2.75) is 295 Å². The summed E-state index contributed by atoms with van der Waals surface area (Å²) in [5.41, 5.74) is 1.70. The average Bonchev–Trinajstić information content (AvgIpc) is 3.41. The number of hydrogen-bond acceptors (Lipinski definition) is 10. The second-order valence-electron chi connectivity index (χ2n) is 21.4. The van der Waals surface area contributed by atoms with Gasteiger partial charge in [0.1, 0.15) is 30.1 Å². The molecule has 2 aromatic rings. The summed E-state index contributed by atoms with van der Waals surface area (Å²) in [5.74, 6) is -0.242. The van der Waals surface area contributed by atoms with E-state index < -0.39 is 43.0 Å². The van der Waals surface area contributed by atoms with Gasteiger partial charge in [-0.3, -0.25) is 14.4 Å². The van der Waals surface area contributed by atoms with E-state index in [9.17, 15) is 14.4 Å². The second kappa shape index (κ2) is 40.7. The minimum Gasteiger partial charge on any atom is -0.497 e. The van der Waals surface area contributed by atoms with E-state index in [2.05, 4.69) is 26.1 Å². The maximum Gasteiger partial charge on any atom is 0.306 e. The number of benzene rings is 2. The molecule has 0 spiro atoms. The number of rotatable bonds is 44. The average molecular weight is 1030 g/mol. The van der Waals surface area contributed by atoms with Gasteiger partial charge in [0.05, 0.1) is 26.7 Å². The topological polar surface area (TPSA) is 128 Å². The number of amides is 1. The van der Waals surface area contributed by atoms with E-state index in [4.69, 9.17) is 33.2 Å². The van der Waals surface area contributed by atoms with Gasteiger partial charge in [-0.15, -0.1) is 0 Å². The number of carbonyl (C=O) groups excluding carboxylic acids is 3. The van der Waals surface area contributed by atoms with Crippen LogP contribution in [-0.4, -0.2) is 68.3 Å². The zero-order valence-corrected chi connectivity index (χ0v) is 47.0. The summed E-state index contributed by atoms with van der Waals surface area (Å²) in [6, 6.07) is 16.3. The number of nitrogens with one attached hydrogen (secondary N) is 1. The van der Waals surface area contributed by atoms with E-state index >= 15 is 0 Å². The maximum atomic E-state index is 14.5. The van der Waals surface area contributed by atoms with Crippen LogP contribution in [0, 0.1) is 0 Å². The summed E-state index contributed by atoms with van der Waals surface area (Å²) in [6.45, 7) is 7.09. The van der Waals surface area contributed by atoms with E-state index in [1.54, 1.807) is 7.11 Å². The van der Waals surface area contributed by atoms with E-state index in [0.29, 0.717) is 25.0 Å². The van der Waals surface area contributed by atoms with Gasteiger partial charge in [-0.1, -0.05) is 243 Å². The van der Waals surface area contributed by atoms with Crippen molar-refractivity contribution in [3.05, 3.63) is 65.7 Å². The fourth-order valence-electron chi connectivity index (χ4n) is 10.4. The first kappa shape index (κ1) is 63.0. The molecule has 2 aromatic carbocycles. The van der Waals surface area contributed by atoms with Crippen molar-refractivity contribution in [2.75, 3.05) is 13.7 Å². The fraction of sp³-hybridized carbons (Fsp3) is 0.762. The Hall–Kier alpha value is -3.51. The van der Waals surface area contributed by atoms with Gasteiger partial charge in [-0.05, 0) is 43.4 Å². The molecular formula is C63H103NO10. The van der Waals surface area contributed by atoms with Gasteiger partial charge in [0.25, 0.3) is 0 Å². The molecule has 4 rings (SSSR count). The second-order valence-corrected chi connectivity index (χ2v) is 21.4. The molecule has 0 bridgehead atoms. The lowest BCUT2D eigenvalue weighted by atomic mass is 9.94. The van der Waals surface area contributed by atoms with Gasteiger partial charge in [0.2, 0.25) is 5.91 Å². The number of methoxy groups -OCH3 is 1. The summed E-state index contributed by atoms with van der Waals surface area (Å²) in [5, 5.41) is 3.21. The Morgan fingerprint density at radius 1 is 0.581 bits per heavy atom. The van der Waals surface area contributed by atoms with Crippen LogP contribution in [0.25, 0.3) is 0 Å². The lowest BCUT2D eigenvalue weighted by molar-refractivity contribution is -0.346.